The maximum atomic E-state index is 8.68. The fourth-order valence-electron chi connectivity index (χ4n) is 2.00. The quantitative estimate of drug-likeness (QED) is 0.727. The van der Waals surface area contributed by atoms with E-state index in [1.54, 1.807) is 0 Å². The number of aromatic nitrogens is 2. The van der Waals surface area contributed by atoms with Crippen molar-refractivity contribution in [3.8, 4) is 0 Å². The van der Waals surface area contributed by atoms with E-state index >= 15 is 0 Å². The van der Waals surface area contributed by atoms with Crippen LogP contribution in [0.1, 0.15) is 43.3 Å². The van der Waals surface area contributed by atoms with E-state index in [0.29, 0.717) is 11.8 Å². The highest BCUT2D eigenvalue weighted by molar-refractivity contribution is 4.98. The number of unbranched alkanes of at least 4 members (excludes halogenated alkanes) is 1. The van der Waals surface area contributed by atoms with Crippen molar-refractivity contribution >= 4 is 0 Å². The summed E-state index contributed by atoms with van der Waals surface area (Å²) in [4.78, 5) is 4.41. The second kappa shape index (κ2) is 5.96. The summed E-state index contributed by atoms with van der Waals surface area (Å²) in [6, 6.07) is 0. The highest BCUT2D eigenvalue weighted by Gasteiger charge is 2.20. The summed E-state index contributed by atoms with van der Waals surface area (Å²) in [7, 11) is 0. The molecule has 0 radical (unpaired) electrons. The fraction of sp³-hybridized carbons (Fsp3) is 0.818. The van der Waals surface area contributed by atoms with Crippen LogP contribution in [0.2, 0.25) is 0 Å². The Hall–Kier alpha value is -0.940. The molecule has 2 heterocycles. The van der Waals surface area contributed by atoms with Gasteiger partial charge in [-0.1, -0.05) is 5.16 Å². The third-order valence-electron chi connectivity index (χ3n) is 2.94. The first kappa shape index (κ1) is 11.5. The number of nitrogens with zero attached hydrogens (tertiary/aromatic N) is 2. The van der Waals surface area contributed by atoms with Crippen molar-refractivity contribution in [3.63, 3.8) is 0 Å². The van der Waals surface area contributed by atoms with Crippen molar-refractivity contribution in [1.82, 2.24) is 15.5 Å². The van der Waals surface area contributed by atoms with Crippen LogP contribution in [0.25, 0.3) is 0 Å². The minimum absolute atomic E-state index is 0.230. The predicted octanol–water partition coefficient (Wildman–Crippen LogP) is 0.852. The monoisotopic (exact) mass is 225 g/mol. The molecular formula is C11H19N3O2. The zero-order valence-corrected chi connectivity index (χ0v) is 9.48. The number of rotatable bonds is 5. The Morgan fingerprint density at radius 3 is 3.12 bits per heavy atom. The van der Waals surface area contributed by atoms with Gasteiger partial charge >= 0.3 is 0 Å². The van der Waals surface area contributed by atoms with E-state index in [-0.39, 0.29) is 6.61 Å². The first-order valence-corrected chi connectivity index (χ1v) is 6.04. The molecule has 0 bridgehead atoms. The maximum absolute atomic E-state index is 8.68. The minimum Gasteiger partial charge on any atom is -0.396 e. The standard InChI is InChI=1S/C11H19N3O2/c15-7-2-1-5-10-13-11(14-16-10)9-4-3-6-12-8-9/h9,12,15H,1-8H2. The van der Waals surface area contributed by atoms with E-state index in [2.05, 4.69) is 15.5 Å². The lowest BCUT2D eigenvalue weighted by Gasteiger charge is -2.19. The summed E-state index contributed by atoms with van der Waals surface area (Å²) in [6.07, 6.45) is 4.79. The van der Waals surface area contributed by atoms with Gasteiger partial charge in [-0.3, -0.25) is 0 Å². The topological polar surface area (TPSA) is 71.2 Å². The summed E-state index contributed by atoms with van der Waals surface area (Å²) in [5.74, 6) is 1.95. The number of hydrogen-bond donors (Lipinski definition) is 2. The fourth-order valence-corrected chi connectivity index (χ4v) is 2.00. The molecule has 0 saturated carbocycles. The molecule has 0 aliphatic carbocycles. The zero-order valence-electron chi connectivity index (χ0n) is 9.48. The molecule has 16 heavy (non-hydrogen) atoms. The average molecular weight is 225 g/mol. The van der Waals surface area contributed by atoms with Crippen LogP contribution in [0.4, 0.5) is 0 Å². The van der Waals surface area contributed by atoms with Gasteiger partial charge in [0.15, 0.2) is 5.82 Å². The summed E-state index contributed by atoms with van der Waals surface area (Å²) in [5.41, 5.74) is 0. The van der Waals surface area contributed by atoms with Gasteiger partial charge in [-0.05, 0) is 32.2 Å². The van der Waals surface area contributed by atoms with Gasteiger partial charge in [-0.15, -0.1) is 0 Å². The maximum Gasteiger partial charge on any atom is 0.226 e. The van der Waals surface area contributed by atoms with Crippen molar-refractivity contribution < 1.29 is 9.63 Å². The van der Waals surface area contributed by atoms with Crippen LogP contribution in [-0.2, 0) is 6.42 Å². The number of piperidine rings is 1. The molecule has 1 fully saturated rings. The molecular weight excluding hydrogens is 206 g/mol. The van der Waals surface area contributed by atoms with Crippen LogP contribution in [-0.4, -0.2) is 34.9 Å². The third kappa shape index (κ3) is 3.02. The highest BCUT2D eigenvalue weighted by atomic mass is 16.5. The van der Waals surface area contributed by atoms with Crippen LogP contribution in [0.5, 0.6) is 0 Å². The van der Waals surface area contributed by atoms with Crippen LogP contribution in [0, 0.1) is 0 Å². The van der Waals surface area contributed by atoms with Crippen molar-refractivity contribution in [3.05, 3.63) is 11.7 Å². The van der Waals surface area contributed by atoms with Gasteiger partial charge in [-0.25, -0.2) is 0 Å². The van der Waals surface area contributed by atoms with Gasteiger partial charge < -0.3 is 14.9 Å². The molecule has 1 saturated heterocycles. The number of aliphatic hydroxyl groups is 1. The Morgan fingerprint density at radius 2 is 2.38 bits per heavy atom. The normalized spacial score (nSPS) is 21.2. The van der Waals surface area contributed by atoms with Crippen molar-refractivity contribution in [2.24, 2.45) is 0 Å². The highest BCUT2D eigenvalue weighted by Crippen LogP contribution is 2.20. The molecule has 2 rings (SSSR count). The van der Waals surface area contributed by atoms with Crippen LogP contribution in [0.3, 0.4) is 0 Å². The molecule has 1 unspecified atom stereocenters. The molecule has 90 valence electrons. The van der Waals surface area contributed by atoms with Crippen LogP contribution >= 0.6 is 0 Å². The van der Waals surface area contributed by atoms with E-state index in [0.717, 1.165) is 44.6 Å². The molecule has 0 aromatic carbocycles. The van der Waals surface area contributed by atoms with Gasteiger partial charge in [-0.2, -0.15) is 4.98 Å². The number of hydrogen-bond acceptors (Lipinski definition) is 5. The minimum atomic E-state index is 0.230. The summed E-state index contributed by atoms with van der Waals surface area (Å²) >= 11 is 0. The van der Waals surface area contributed by atoms with Gasteiger partial charge in [0.1, 0.15) is 0 Å². The molecule has 1 atom stereocenters. The molecule has 1 aromatic heterocycles. The summed E-state index contributed by atoms with van der Waals surface area (Å²) in [6.45, 7) is 2.28. The molecule has 0 amide bonds. The van der Waals surface area contributed by atoms with Crippen LogP contribution < -0.4 is 5.32 Å². The number of aryl methyl sites for hydroxylation is 1. The van der Waals surface area contributed by atoms with E-state index in [1.165, 1.54) is 6.42 Å². The first-order valence-electron chi connectivity index (χ1n) is 6.04. The lowest BCUT2D eigenvalue weighted by Crippen LogP contribution is -2.28. The Bertz CT molecular complexity index is 308. The molecule has 2 N–H and O–H groups in total. The van der Waals surface area contributed by atoms with Crippen molar-refractivity contribution in [2.45, 2.75) is 38.0 Å². The SMILES string of the molecule is OCCCCc1nc(C2CCCNC2)no1. The van der Waals surface area contributed by atoms with Crippen molar-refractivity contribution in [1.29, 1.82) is 0 Å². The zero-order chi connectivity index (χ0) is 11.2. The van der Waals surface area contributed by atoms with Crippen molar-refractivity contribution in [2.75, 3.05) is 19.7 Å². The van der Waals surface area contributed by atoms with Gasteiger partial charge in [0.05, 0.1) is 0 Å². The van der Waals surface area contributed by atoms with Gasteiger partial charge in [0.2, 0.25) is 5.89 Å². The van der Waals surface area contributed by atoms with Crippen LogP contribution in [0.15, 0.2) is 4.52 Å². The Kier molecular flexibility index (Phi) is 4.30. The molecule has 5 nitrogen and oxygen atoms in total. The Labute approximate surface area is 95.2 Å². The lowest BCUT2D eigenvalue weighted by molar-refractivity contribution is 0.280. The second-order valence-electron chi connectivity index (χ2n) is 4.27. The molecule has 1 aliphatic rings. The summed E-state index contributed by atoms with van der Waals surface area (Å²) in [5, 5.41) is 16.0. The molecule has 5 heteroatoms. The number of aliphatic hydroxyl groups excluding tert-OH is 1. The molecule has 1 aromatic rings. The summed E-state index contributed by atoms with van der Waals surface area (Å²) < 4.78 is 5.19. The lowest BCUT2D eigenvalue weighted by atomic mass is 9.99. The Morgan fingerprint density at radius 1 is 1.44 bits per heavy atom. The van der Waals surface area contributed by atoms with E-state index < -0.39 is 0 Å². The molecule has 1 aliphatic heterocycles. The first-order chi connectivity index (χ1) is 7.90. The Balaban J connectivity index is 1.85. The largest absolute Gasteiger partial charge is 0.396 e. The van der Waals surface area contributed by atoms with E-state index in [9.17, 15) is 0 Å². The third-order valence-corrected chi connectivity index (χ3v) is 2.94. The average Bonchev–Trinajstić information content (AvgIpc) is 2.79. The second-order valence-corrected chi connectivity index (χ2v) is 4.27. The molecule has 0 spiro atoms. The smallest absolute Gasteiger partial charge is 0.226 e. The van der Waals surface area contributed by atoms with Gasteiger partial charge in [0.25, 0.3) is 0 Å². The predicted molar refractivity (Wildman–Crippen MR) is 59.2 cm³/mol. The van der Waals surface area contributed by atoms with E-state index in [4.69, 9.17) is 9.63 Å². The van der Waals surface area contributed by atoms with E-state index in [1.807, 2.05) is 0 Å². The number of nitrogens with one attached hydrogen (secondary N) is 1. The van der Waals surface area contributed by atoms with Gasteiger partial charge in [0, 0.05) is 25.5 Å².